The molecule has 0 atom stereocenters. The van der Waals surface area contributed by atoms with Gasteiger partial charge in [-0.05, 0) is 0 Å². The van der Waals surface area contributed by atoms with E-state index in [0.29, 0.717) is 12.3 Å². The maximum absolute atomic E-state index is 11.6. The number of nitro benzene ring substituents is 1. The monoisotopic (exact) mass is 428 g/mol. The van der Waals surface area contributed by atoms with Crippen molar-refractivity contribution in [1.29, 1.82) is 0 Å². The molecule has 30 heavy (non-hydrogen) atoms. The Balaban J connectivity index is 1.79. The molecule has 3 N–H and O–H groups in total. The Morgan fingerprint density at radius 2 is 1.53 bits per heavy atom. The summed E-state index contributed by atoms with van der Waals surface area (Å²) in [6.45, 7) is 0.704. The van der Waals surface area contributed by atoms with Gasteiger partial charge in [-0.1, -0.05) is 0 Å². The predicted molar refractivity (Wildman–Crippen MR) is 120 cm³/mol. The summed E-state index contributed by atoms with van der Waals surface area (Å²) >= 11 is 0. The van der Waals surface area contributed by atoms with Crippen molar-refractivity contribution in [2.24, 2.45) is 0 Å². The van der Waals surface area contributed by atoms with Crippen LogP contribution in [0.3, 0.4) is 0 Å². The van der Waals surface area contributed by atoms with Crippen LogP contribution >= 0.6 is 7.72 Å². The molecule has 0 unspecified atom stereocenters. The van der Waals surface area contributed by atoms with Gasteiger partial charge >= 0.3 is 175 Å². The summed E-state index contributed by atoms with van der Waals surface area (Å²) in [6, 6.07) is 23.2. The Morgan fingerprint density at radius 3 is 2.13 bits per heavy atom. The van der Waals surface area contributed by atoms with Gasteiger partial charge in [-0.3, -0.25) is 0 Å². The second-order valence-electron chi connectivity index (χ2n) is 6.88. The summed E-state index contributed by atoms with van der Waals surface area (Å²) < 4.78 is 11.7. The molecule has 0 aromatic heterocycles. The van der Waals surface area contributed by atoms with E-state index >= 15 is 0 Å². The molecule has 0 radical (unpaired) electrons. The van der Waals surface area contributed by atoms with Crippen LogP contribution in [0.2, 0.25) is 0 Å². The van der Waals surface area contributed by atoms with Crippen molar-refractivity contribution in [3.05, 3.63) is 100 Å². The van der Waals surface area contributed by atoms with E-state index in [9.17, 15) is 15.0 Å². The van der Waals surface area contributed by atoms with Crippen molar-refractivity contribution in [2.75, 3.05) is 18.5 Å². The van der Waals surface area contributed by atoms with Crippen LogP contribution in [0.5, 0.6) is 0 Å². The van der Waals surface area contributed by atoms with Gasteiger partial charge in [0, 0.05) is 0 Å². The third kappa shape index (κ3) is 5.84. The number of benzene rings is 3. The molecule has 3 aromatic rings. The fraction of sp³-hybridized carbons (Fsp3) is 0.182. The van der Waals surface area contributed by atoms with Gasteiger partial charge in [0.05, 0.1) is 0 Å². The zero-order valence-electron chi connectivity index (χ0n) is 16.4. The third-order valence-corrected chi connectivity index (χ3v) is 7.40. The van der Waals surface area contributed by atoms with E-state index in [1.807, 2.05) is 60.7 Å². The number of ether oxygens (including phenoxy) is 1. The van der Waals surface area contributed by atoms with Crippen molar-refractivity contribution < 1.29 is 19.1 Å². The van der Waals surface area contributed by atoms with E-state index in [0.717, 1.165) is 11.1 Å². The summed E-state index contributed by atoms with van der Waals surface area (Å²) in [4.78, 5) is 22.5. The van der Waals surface area contributed by atoms with E-state index in [-0.39, 0.29) is 30.4 Å². The summed E-state index contributed by atoms with van der Waals surface area (Å²) in [5.74, 6) is 0. The molecular weight excluding hydrogens is 403 g/mol. The van der Waals surface area contributed by atoms with Crippen LogP contribution in [0.25, 0.3) is 0 Å². The second-order valence-corrected chi connectivity index (χ2v) is 9.78. The predicted octanol–water partition coefficient (Wildman–Crippen LogP) is 3.81. The normalized spacial score (nSPS) is 11.9. The summed E-state index contributed by atoms with van der Waals surface area (Å²) in [7, 11) is -3.73. The van der Waals surface area contributed by atoms with Gasteiger partial charge in [0.2, 0.25) is 0 Å². The number of anilines is 1. The molecule has 3 rings (SSSR count). The number of nitrogen functional groups attached to an aromatic ring is 1. The van der Waals surface area contributed by atoms with Gasteiger partial charge in [-0.15, -0.1) is 0 Å². The van der Waals surface area contributed by atoms with E-state index in [1.165, 1.54) is 18.2 Å². The number of hydrogen-bond donors (Lipinski definition) is 2. The molecule has 0 spiro atoms. The van der Waals surface area contributed by atoms with E-state index < -0.39 is 12.6 Å². The van der Waals surface area contributed by atoms with E-state index in [4.69, 9.17) is 15.0 Å². The Morgan fingerprint density at radius 1 is 0.933 bits per heavy atom. The molecular formula is C22H25N2O5P. The van der Waals surface area contributed by atoms with Gasteiger partial charge in [-0.25, -0.2) is 0 Å². The maximum atomic E-state index is 11.6. The first-order chi connectivity index (χ1) is 14.5. The van der Waals surface area contributed by atoms with Gasteiger partial charge in [0.15, 0.2) is 0 Å². The number of hydrogen-bond acceptors (Lipinski definition) is 6. The fourth-order valence-electron chi connectivity index (χ4n) is 3.06. The topological polar surface area (TPSA) is 108 Å². The Bertz CT molecular complexity index is 972. The van der Waals surface area contributed by atoms with Crippen molar-refractivity contribution in [3.8, 4) is 0 Å². The van der Waals surface area contributed by atoms with Crippen LogP contribution in [0.1, 0.15) is 11.1 Å². The molecule has 0 aliphatic rings. The van der Waals surface area contributed by atoms with Crippen molar-refractivity contribution in [2.45, 2.75) is 13.2 Å². The average molecular weight is 428 g/mol. The molecule has 0 fully saturated rings. The summed E-state index contributed by atoms with van der Waals surface area (Å²) in [5.41, 5.74) is 7.86. The third-order valence-electron chi connectivity index (χ3n) is 4.66. The summed E-state index contributed by atoms with van der Waals surface area (Å²) in [5, 5.41) is 11.7. The molecule has 3 aromatic carbocycles. The van der Waals surface area contributed by atoms with Crippen molar-refractivity contribution >= 4 is 24.4 Å². The van der Waals surface area contributed by atoms with Crippen LogP contribution < -0.4 is 11.0 Å². The first-order valence-electron chi connectivity index (χ1n) is 9.54. The Hall–Kier alpha value is -2.83. The SMILES string of the molecule is Nc1ccc([N+](=O)[O-])c([PH](O)(CCOCc2ccccc2)OCc2ccccc2)c1. The van der Waals surface area contributed by atoms with Crippen LogP contribution in [-0.4, -0.2) is 22.6 Å². The van der Waals surface area contributed by atoms with Crippen molar-refractivity contribution in [1.82, 2.24) is 0 Å². The number of nitrogens with two attached hydrogens (primary N) is 1. The van der Waals surface area contributed by atoms with E-state index in [1.54, 1.807) is 0 Å². The molecule has 0 saturated carbocycles. The van der Waals surface area contributed by atoms with Crippen LogP contribution in [-0.2, 0) is 22.5 Å². The van der Waals surface area contributed by atoms with Crippen LogP contribution in [0.4, 0.5) is 11.4 Å². The van der Waals surface area contributed by atoms with E-state index in [2.05, 4.69) is 0 Å². The van der Waals surface area contributed by atoms with Gasteiger partial charge in [0.25, 0.3) is 0 Å². The zero-order valence-corrected chi connectivity index (χ0v) is 17.4. The summed E-state index contributed by atoms with van der Waals surface area (Å²) in [6.07, 6.45) is 0.136. The quantitative estimate of drug-likeness (QED) is 0.167. The van der Waals surface area contributed by atoms with Crippen LogP contribution in [0.15, 0.2) is 78.9 Å². The molecule has 0 heterocycles. The van der Waals surface area contributed by atoms with Crippen molar-refractivity contribution in [3.63, 3.8) is 0 Å². The first kappa shape index (κ1) is 21.9. The minimum atomic E-state index is -3.73. The molecule has 0 saturated heterocycles. The molecule has 0 aliphatic heterocycles. The zero-order chi connectivity index (χ0) is 21.4. The van der Waals surface area contributed by atoms with Gasteiger partial charge in [0.1, 0.15) is 0 Å². The average Bonchev–Trinajstić information content (AvgIpc) is 2.76. The van der Waals surface area contributed by atoms with Crippen LogP contribution in [0, 0.1) is 10.1 Å². The standard InChI is InChI=1S/C22H25N2O5P/c23-20-11-12-21(24(25)26)22(15-20)30(27,29-17-19-9-5-2-6-10-19)14-13-28-16-18-7-3-1-4-8-18/h1-12,15,27,30H,13-14,16-17,23H2. The Kier molecular flexibility index (Phi) is 7.49. The first-order valence-corrected chi connectivity index (χ1v) is 11.6. The molecule has 0 aliphatic carbocycles. The number of rotatable bonds is 10. The number of nitrogens with zero attached hydrogens (tertiary/aromatic N) is 1. The number of nitro groups is 1. The van der Waals surface area contributed by atoms with Gasteiger partial charge in [-0.2, -0.15) is 0 Å². The van der Waals surface area contributed by atoms with Gasteiger partial charge < -0.3 is 0 Å². The fourth-order valence-corrected chi connectivity index (χ4v) is 5.42. The Labute approximate surface area is 175 Å². The molecule has 158 valence electrons. The molecule has 7 nitrogen and oxygen atoms in total. The molecule has 0 bridgehead atoms. The second kappa shape index (κ2) is 10.3. The molecule has 0 amide bonds. The minimum absolute atomic E-state index is 0.133. The molecule has 8 heteroatoms.